The summed E-state index contributed by atoms with van der Waals surface area (Å²) in [5.74, 6) is -0.764. The number of furan rings is 1. The van der Waals surface area contributed by atoms with E-state index < -0.39 is 17.1 Å². The van der Waals surface area contributed by atoms with Crippen molar-refractivity contribution in [2.45, 2.75) is 20.4 Å². The van der Waals surface area contributed by atoms with Gasteiger partial charge in [-0.15, -0.1) is 0 Å². The lowest BCUT2D eigenvalue weighted by atomic mass is 10.2. The maximum atomic E-state index is 12.9. The Kier molecular flexibility index (Phi) is 6.43. The molecule has 0 spiro atoms. The molecule has 7 nitrogen and oxygen atoms in total. The minimum absolute atomic E-state index is 0.00307. The van der Waals surface area contributed by atoms with Crippen molar-refractivity contribution in [2.75, 3.05) is 7.11 Å². The molecule has 1 aliphatic heterocycles. The van der Waals surface area contributed by atoms with Gasteiger partial charge in [-0.05, 0) is 73.6 Å². The van der Waals surface area contributed by atoms with Crippen LogP contribution in [0, 0.1) is 13.8 Å². The predicted molar refractivity (Wildman–Crippen MR) is 127 cm³/mol. The zero-order valence-electron chi connectivity index (χ0n) is 17.8. The maximum Gasteiger partial charge on any atom is 0.373 e. The average molecular weight is 505 g/mol. The molecular formula is C23H18Cl2N2O5S. The Morgan fingerprint density at radius 2 is 1.91 bits per heavy atom. The second kappa shape index (κ2) is 9.13. The van der Waals surface area contributed by atoms with Crippen LogP contribution >= 0.6 is 35.0 Å². The predicted octanol–water partition coefficient (Wildman–Crippen LogP) is 6.02. The van der Waals surface area contributed by atoms with Crippen molar-refractivity contribution in [3.63, 3.8) is 0 Å². The Bertz CT molecular complexity index is 1320. The average Bonchev–Trinajstić information content (AvgIpc) is 3.42. The third-order valence-electron chi connectivity index (χ3n) is 5.14. The number of aromatic nitrogens is 1. The van der Waals surface area contributed by atoms with E-state index in [1.807, 2.05) is 30.5 Å². The minimum Gasteiger partial charge on any atom is -0.463 e. The summed E-state index contributed by atoms with van der Waals surface area (Å²) in [6, 6.07) is 10.1. The van der Waals surface area contributed by atoms with Gasteiger partial charge >= 0.3 is 5.97 Å². The SMILES string of the molecule is COC(=O)c1ccc(CN2C(=O)S/C(=C/c3cc(C)n(-c4ccc(Cl)cc4Cl)c3C)C2=O)o1. The summed E-state index contributed by atoms with van der Waals surface area (Å²) in [5, 5.41) is 0.619. The van der Waals surface area contributed by atoms with Crippen molar-refractivity contribution in [3.8, 4) is 5.69 Å². The third-order valence-corrected chi connectivity index (χ3v) is 6.59. The van der Waals surface area contributed by atoms with Gasteiger partial charge in [-0.3, -0.25) is 14.5 Å². The van der Waals surface area contributed by atoms with Crippen LogP contribution in [0.4, 0.5) is 4.79 Å². The van der Waals surface area contributed by atoms with E-state index in [0.29, 0.717) is 20.7 Å². The number of thioether (sulfide) groups is 1. The number of amides is 2. The molecule has 4 rings (SSSR count). The minimum atomic E-state index is -0.633. The monoisotopic (exact) mass is 504 g/mol. The van der Waals surface area contributed by atoms with E-state index in [1.165, 1.54) is 19.2 Å². The number of carbonyl (C=O) groups excluding carboxylic acids is 3. The van der Waals surface area contributed by atoms with Crippen LogP contribution in [-0.2, 0) is 16.1 Å². The number of nitrogens with zero attached hydrogens (tertiary/aromatic N) is 2. The number of carbonyl (C=O) groups is 3. The molecule has 1 saturated heterocycles. The van der Waals surface area contributed by atoms with Crippen LogP contribution in [0.5, 0.6) is 0 Å². The van der Waals surface area contributed by atoms with Crippen LogP contribution < -0.4 is 0 Å². The van der Waals surface area contributed by atoms with Gasteiger partial charge in [0.15, 0.2) is 0 Å². The van der Waals surface area contributed by atoms with E-state index in [-0.39, 0.29) is 12.3 Å². The van der Waals surface area contributed by atoms with Crippen LogP contribution in [0.15, 0.2) is 45.7 Å². The summed E-state index contributed by atoms with van der Waals surface area (Å²) >= 11 is 13.3. The number of hydrogen-bond donors (Lipinski definition) is 0. The first-order chi connectivity index (χ1) is 15.7. The maximum absolute atomic E-state index is 12.9. The molecule has 170 valence electrons. The molecule has 33 heavy (non-hydrogen) atoms. The molecule has 0 unspecified atom stereocenters. The van der Waals surface area contributed by atoms with E-state index in [1.54, 1.807) is 18.2 Å². The van der Waals surface area contributed by atoms with E-state index in [2.05, 4.69) is 4.74 Å². The first-order valence-electron chi connectivity index (χ1n) is 9.76. The zero-order chi connectivity index (χ0) is 23.9. The molecule has 1 fully saturated rings. The Balaban J connectivity index is 1.60. The molecule has 0 N–H and O–H groups in total. The number of aryl methyl sites for hydroxylation is 1. The number of methoxy groups -OCH3 is 1. The highest BCUT2D eigenvalue weighted by molar-refractivity contribution is 8.18. The highest BCUT2D eigenvalue weighted by Crippen LogP contribution is 2.35. The third kappa shape index (κ3) is 4.46. The van der Waals surface area contributed by atoms with Crippen LogP contribution in [0.25, 0.3) is 11.8 Å². The Morgan fingerprint density at radius 3 is 2.61 bits per heavy atom. The number of benzene rings is 1. The first kappa shape index (κ1) is 23.2. The molecule has 0 saturated carbocycles. The van der Waals surface area contributed by atoms with Crippen molar-refractivity contribution in [3.05, 3.63) is 79.8 Å². The summed E-state index contributed by atoms with van der Waals surface area (Å²) in [6.07, 6.45) is 1.69. The molecule has 1 aromatic carbocycles. The first-order valence-corrected chi connectivity index (χ1v) is 11.3. The fraction of sp³-hybridized carbons (Fsp3) is 0.174. The van der Waals surface area contributed by atoms with E-state index in [9.17, 15) is 14.4 Å². The normalized spacial score (nSPS) is 15.1. The van der Waals surface area contributed by atoms with Crippen molar-refractivity contribution >= 4 is 58.2 Å². The standard InChI is InChI=1S/C23H18Cl2N2O5S/c1-12-8-14(13(2)27(12)18-6-4-15(24)10-17(18)25)9-20-21(28)26(23(30)33-20)11-16-5-7-19(32-16)22(29)31-3/h4-10H,11H2,1-3H3/b20-9+. The molecule has 0 atom stereocenters. The van der Waals surface area contributed by atoms with Gasteiger partial charge in [-0.2, -0.15) is 0 Å². The van der Waals surface area contributed by atoms with Gasteiger partial charge in [0, 0.05) is 16.4 Å². The van der Waals surface area contributed by atoms with Gasteiger partial charge in [0.1, 0.15) is 5.76 Å². The van der Waals surface area contributed by atoms with Crippen LogP contribution in [-0.4, -0.2) is 33.7 Å². The lowest BCUT2D eigenvalue weighted by Gasteiger charge is -2.12. The van der Waals surface area contributed by atoms with Gasteiger partial charge in [-0.25, -0.2) is 4.79 Å². The second-order valence-corrected chi connectivity index (χ2v) is 9.12. The van der Waals surface area contributed by atoms with Crippen LogP contribution in [0.1, 0.15) is 33.3 Å². The van der Waals surface area contributed by atoms with Gasteiger partial charge in [0.2, 0.25) is 5.76 Å². The Labute approximate surface area is 203 Å². The summed E-state index contributed by atoms with van der Waals surface area (Å²) in [5.41, 5.74) is 3.32. The zero-order valence-corrected chi connectivity index (χ0v) is 20.2. The summed E-state index contributed by atoms with van der Waals surface area (Å²) < 4.78 is 11.9. The Hall–Kier alpha value is -2.94. The largest absolute Gasteiger partial charge is 0.463 e. The molecule has 1 aliphatic rings. The number of rotatable bonds is 5. The topological polar surface area (TPSA) is 81.8 Å². The molecule has 3 heterocycles. The summed E-state index contributed by atoms with van der Waals surface area (Å²) in [6.45, 7) is 3.75. The quantitative estimate of drug-likeness (QED) is 0.312. The van der Waals surface area contributed by atoms with Gasteiger partial charge < -0.3 is 13.7 Å². The lowest BCUT2D eigenvalue weighted by molar-refractivity contribution is -0.123. The molecule has 2 aromatic heterocycles. The molecule has 2 amide bonds. The number of ether oxygens (including phenoxy) is 1. The number of imide groups is 1. The summed E-state index contributed by atoms with van der Waals surface area (Å²) in [4.78, 5) is 38.4. The molecule has 0 bridgehead atoms. The molecule has 0 radical (unpaired) electrons. The van der Waals surface area contributed by atoms with Gasteiger partial charge in [0.05, 0.1) is 29.3 Å². The van der Waals surface area contributed by atoms with E-state index in [4.69, 9.17) is 27.6 Å². The lowest BCUT2D eigenvalue weighted by Crippen LogP contribution is -2.27. The fourth-order valence-corrected chi connectivity index (χ4v) is 4.90. The molecular weight excluding hydrogens is 487 g/mol. The van der Waals surface area contributed by atoms with Crippen molar-refractivity contribution < 1.29 is 23.5 Å². The van der Waals surface area contributed by atoms with E-state index in [0.717, 1.165) is 39.3 Å². The fourth-order valence-electron chi connectivity index (χ4n) is 3.57. The van der Waals surface area contributed by atoms with Crippen LogP contribution in [0.3, 0.4) is 0 Å². The number of hydrogen-bond acceptors (Lipinski definition) is 6. The molecule has 10 heteroatoms. The molecule has 3 aromatic rings. The van der Waals surface area contributed by atoms with Crippen LogP contribution in [0.2, 0.25) is 10.0 Å². The smallest absolute Gasteiger partial charge is 0.373 e. The van der Waals surface area contributed by atoms with Crippen molar-refractivity contribution in [1.82, 2.24) is 9.47 Å². The Morgan fingerprint density at radius 1 is 1.15 bits per heavy atom. The second-order valence-electron chi connectivity index (χ2n) is 7.28. The van der Waals surface area contributed by atoms with Gasteiger partial charge in [0.25, 0.3) is 11.1 Å². The highest BCUT2D eigenvalue weighted by Gasteiger charge is 2.36. The van der Waals surface area contributed by atoms with Crippen molar-refractivity contribution in [1.29, 1.82) is 0 Å². The van der Waals surface area contributed by atoms with E-state index >= 15 is 0 Å². The van der Waals surface area contributed by atoms with Crippen molar-refractivity contribution in [2.24, 2.45) is 0 Å². The number of esters is 1. The number of halogens is 2. The summed E-state index contributed by atoms with van der Waals surface area (Å²) in [7, 11) is 1.24. The highest BCUT2D eigenvalue weighted by atomic mass is 35.5. The van der Waals surface area contributed by atoms with Gasteiger partial charge in [-0.1, -0.05) is 23.2 Å². The molecule has 0 aliphatic carbocycles.